The van der Waals surface area contributed by atoms with Crippen LogP contribution in [0.15, 0.2) is 24.3 Å². The van der Waals surface area contributed by atoms with E-state index in [1.807, 2.05) is 34.1 Å². The summed E-state index contributed by atoms with van der Waals surface area (Å²) in [6.07, 6.45) is 2.85. The fourth-order valence-corrected chi connectivity index (χ4v) is 5.62. The molecule has 0 unspecified atom stereocenters. The van der Waals surface area contributed by atoms with Crippen molar-refractivity contribution in [1.29, 1.82) is 0 Å². The van der Waals surface area contributed by atoms with Crippen molar-refractivity contribution >= 4 is 11.8 Å². The molecule has 0 aromatic heterocycles. The largest absolute Gasteiger partial charge is 0.497 e. The molecule has 31 heavy (non-hydrogen) atoms. The van der Waals surface area contributed by atoms with Gasteiger partial charge in [0.05, 0.1) is 32.2 Å². The zero-order valence-electron chi connectivity index (χ0n) is 18.8. The maximum Gasteiger partial charge on any atom is 0.230 e. The van der Waals surface area contributed by atoms with E-state index in [0.717, 1.165) is 43.7 Å². The molecule has 3 heterocycles. The van der Waals surface area contributed by atoms with Crippen LogP contribution in [-0.2, 0) is 20.7 Å². The topological polar surface area (TPSA) is 62.3 Å². The molecule has 4 rings (SSSR count). The van der Waals surface area contributed by atoms with Gasteiger partial charge < -0.3 is 19.3 Å². The Kier molecular flexibility index (Phi) is 6.82. The van der Waals surface area contributed by atoms with Gasteiger partial charge in [0, 0.05) is 32.2 Å². The van der Waals surface area contributed by atoms with Crippen LogP contribution in [0.1, 0.15) is 31.7 Å². The third kappa shape index (κ3) is 4.44. The quantitative estimate of drug-likeness (QED) is 0.714. The van der Waals surface area contributed by atoms with Gasteiger partial charge in [-0.2, -0.15) is 0 Å². The van der Waals surface area contributed by atoms with E-state index in [0.29, 0.717) is 45.8 Å². The third-order valence-electron chi connectivity index (χ3n) is 7.40. The highest BCUT2D eigenvalue weighted by Gasteiger charge is 2.54. The van der Waals surface area contributed by atoms with E-state index in [2.05, 4.69) is 11.8 Å². The van der Waals surface area contributed by atoms with Crippen LogP contribution in [0.25, 0.3) is 0 Å². The monoisotopic (exact) mass is 429 g/mol. The Hall–Kier alpha value is -2.12. The van der Waals surface area contributed by atoms with E-state index in [1.54, 1.807) is 7.11 Å². The molecule has 7 heteroatoms. The molecule has 3 saturated heterocycles. The van der Waals surface area contributed by atoms with Crippen LogP contribution < -0.4 is 4.74 Å². The molecule has 3 aliphatic heterocycles. The highest BCUT2D eigenvalue weighted by atomic mass is 16.5. The van der Waals surface area contributed by atoms with Crippen LogP contribution in [-0.4, -0.2) is 92.1 Å². The minimum Gasteiger partial charge on any atom is -0.497 e. The Morgan fingerprint density at radius 3 is 2.61 bits per heavy atom. The van der Waals surface area contributed by atoms with Crippen molar-refractivity contribution in [3.63, 3.8) is 0 Å². The van der Waals surface area contributed by atoms with Crippen LogP contribution >= 0.6 is 0 Å². The number of amides is 2. The summed E-state index contributed by atoms with van der Waals surface area (Å²) in [6, 6.07) is 7.91. The summed E-state index contributed by atoms with van der Waals surface area (Å²) >= 11 is 0. The number of hydrogen-bond donors (Lipinski definition) is 0. The van der Waals surface area contributed by atoms with Gasteiger partial charge in [0.1, 0.15) is 5.75 Å². The number of fused-ring (bicyclic) bond motifs is 1. The van der Waals surface area contributed by atoms with Gasteiger partial charge in [0.25, 0.3) is 0 Å². The lowest BCUT2D eigenvalue weighted by atomic mass is 9.75. The Balaban J connectivity index is 1.49. The Morgan fingerprint density at radius 1 is 1.10 bits per heavy atom. The third-order valence-corrected chi connectivity index (χ3v) is 7.40. The summed E-state index contributed by atoms with van der Waals surface area (Å²) in [5.74, 6) is 1.17. The predicted octanol–water partition coefficient (Wildman–Crippen LogP) is 1.80. The lowest BCUT2D eigenvalue weighted by molar-refractivity contribution is -0.148. The first-order valence-corrected chi connectivity index (χ1v) is 11.6. The molecule has 1 aromatic carbocycles. The minimum atomic E-state index is -0.377. The van der Waals surface area contributed by atoms with Crippen molar-refractivity contribution in [2.24, 2.45) is 5.41 Å². The molecule has 2 atom stereocenters. The van der Waals surface area contributed by atoms with Crippen molar-refractivity contribution in [1.82, 2.24) is 14.7 Å². The summed E-state index contributed by atoms with van der Waals surface area (Å²) < 4.78 is 10.8. The number of methoxy groups -OCH3 is 1. The summed E-state index contributed by atoms with van der Waals surface area (Å²) in [7, 11) is 1.64. The average molecular weight is 430 g/mol. The van der Waals surface area contributed by atoms with Crippen LogP contribution in [0.5, 0.6) is 5.75 Å². The SMILES string of the molecule is CCN1CC[C@]2(C(=O)N3CCOCC3)CCN(C(=O)Cc3cccc(OC)c3)CC[C@H]12. The van der Waals surface area contributed by atoms with Crippen LogP contribution in [0.4, 0.5) is 0 Å². The van der Waals surface area contributed by atoms with Crippen molar-refractivity contribution in [3.8, 4) is 5.75 Å². The number of nitrogens with zero attached hydrogens (tertiary/aromatic N) is 3. The smallest absolute Gasteiger partial charge is 0.230 e. The molecule has 2 amide bonds. The summed E-state index contributed by atoms with van der Waals surface area (Å²) in [5.41, 5.74) is 0.585. The lowest BCUT2D eigenvalue weighted by Crippen LogP contribution is -2.53. The molecule has 1 aromatic rings. The number of carbonyl (C=O) groups excluding carboxylic acids is 2. The fourth-order valence-electron chi connectivity index (χ4n) is 5.62. The van der Waals surface area contributed by atoms with Gasteiger partial charge in [-0.15, -0.1) is 0 Å². The Morgan fingerprint density at radius 2 is 1.87 bits per heavy atom. The van der Waals surface area contributed by atoms with E-state index in [-0.39, 0.29) is 23.3 Å². The minimum absolute atomic E-state index is 0.130. The lowest BCUT2D eigenvalue weighted by Gasteiger charge is -2.40. The van der Waals surface area contributed by atoms with E-state index in [4.69, 9.17) is 9.47 Å². The van der Waals surface area contributed by atoms with Crippen molar-refractivity contribution < 1.29 is 19.1 Å². The number of ether oxygens (including phenoxy) is 2. The first-order chi connectivity index (χ1) is 15.1. The maximum atomic E-state index is 13.7. The van der Waals surface area contributed by atoms with Gasteiger partial charge in [-0.3, -0.25) is 14.5 Å². The molecule has 0 spiro atoms. The predicted molar refractivity (Wildman–Crippen MR) is 118 cm³/mol. The number of rotatable bonds is 5. The number of hydrogen-bond acceptors (Lipinski definition) is 5. The van der Waals surface area contributed by atoms with Crippen molar-refractivity contribution in [3.05, 3.63) is 29.8 Å². The summed E-state index contributed by atoms with van der Waals surface area (Å²) in [6.45, 7) is 8.04. The fraction of sp³-hybridized carbons (Fsp3) is 0.667. The molecule has 0 N–H and O–H groups in total. The number of likely N-dealkylation sites (tertiary alicyclic amines) is 2. The molecule has 3 fully saturated rings. The first kappa shape index (κ1) is 22.1. The molecule has 0 bridgehead atoms. The zero-order chi connectivity index (χ0) is 21.8. The number of benzene rings is 1. The summed E-state index contributed by atoms with van der Waals surface area (Å²) in [5, 5.41) is 0. The highest BCUT2D eigenvalue weighted by Crippen LogP contribution is 2.45. The van der Waals surface area contributed by atoms with Crippen LogP contribution in [0.2, 0.25) is 0 Å². The van der Waals surface area contributed by atoms with Crippen LogP contribution in [0, 0.1) is 5.41 Å². The Bertz CT molecular complexity index is 795. The van der Waals surface area contributed by atoms with Gasteiger partial charge >= 0.3 is 0 Å². The molecule has 0 saturated carbocycles. The summed E-state index contributed by atoms with van der Waals surface area (Å²) in [4.78, 5) is 33.3. The average Bonchev–Trinajstić information content (AvgIpc) is 3.06. The van der Waals surface area contributed by atoms with Gasteiger partial charge in [-0.05, 0) is 50.0 Å². The molecule has 7 nitrogen and oxygen atoms in total. The second-order valence-corrected chi connectivity index (χ2v) is 8.90. The van der Waals surface area contributed by atoms with Crippen molar-refractivity contribution in [2.75, 3.05) is 59.6 Å². The van der Waals surface area contributed by atoms with Gasteiger partial charge in [0.15, 0.2) is 0 Å². The molecular weight excluding hydrogens is 394 g/mol. The van der Waals surface area contributed by atoms with E-state index in [1.165, 1.54) is 0 Å². The van der Waals surface area contributed by atoms with Gasteiger partial charge in [-0.1, -0.05) is 19.1 Å². The molecule has 3 aliphatic rings. The molecular formula is C24H35N3O4. The van der Waals surface area contributed by atoms with E-state index >= 15 is 0 Å². The number of morpholine rings is 1. The van der Waals surface area contributed by atoms with Crippen molar-refractivity contribution in [2.45, 2.75) is 38.6 Å². The normalized spacial score (nSPS) is 27.0. The maximum absolute atomic E-state index is 13.7. The Labute approximate surface area is 185 Å². The van der Waals surface area contributed by atoms with Gasteiger partial charge in [-0.25, -0.2) is 0 Å². The molecule has 170 valence electrons. The van der Waals surface area contributed by atoms with E-state index < -0.39 is 0 Å². The molecule has 0 radical (unpaired) electrons. The standard InChI is InChI=1S/C24H35N3O4/c1-3-25-11-8-24(23(29)27-13-15-31-16-14-27)9-12-26(10-7-21(24)25)22(28)18-19-5-4-6-20(17-19)30-2/h4-6,17,21H,3,7-16,18H2,1-2H3/t21-,24-/m0/s1. The first-order valence-electron chi connectivity index (χ1n) is 11.6. The second kappa shape index (κ2) is 9.57. The molecule has 0 aliphatic carbocycles. The highest BCUT2D eigenvalue weighted by molar-refractivity contribution is 5.85. The van der Waals surface area contributed by atoms with Gasteiger partial charge in [0.2, 0.25) is 11.8 Å². The van der Waals surface area contributed by atoms with E-state index in [9.17, 15) is 9.59 Å². The number of carbonyl (C=O) groups is 2. The second-order valence-electron chi connectivity index (χ2n) is 8.90. The van der Waals surface area contributed by atoms with Crippen LogP contribution in [0.3, 0.4) is 0 Å². The zero-order valence-corrected chi connectivity index (χ0v) is 18.8.